The van der Waals surface area contributed by atoms with Gasteiger partial charge < -0.3 is 14.8 Å². The normalized spacial score (nSPS) is 23.0. The molecule has 1 unspecified atom stereocenters. The zero-order chi connectivity index (χ0) is 32.8. The van der Waals surface area contributed by atoms with Gasteiger partial charge in [-0.1, -0.05) is 173 Å². The monoisotopic (exact) mass is 644 g/mol. The highest BCUT2D eigenvalue weighted by molar-refractivity contribution is 4.96. The van der Waals surface area contributed by atoms with Crippen molar-refractivity contribution in [2.45, 2.75) is 243 Å². The molecule has 2 rings (SSSR count). The number of hydrogen-bond acceptors (Lipinski definition) is 3. The van der Waals surface area contributed by atoms with E-state index < -0.39 is 0 Å². The van der Waals surface area contributed by atoms with Crippen LogP contribution in [0, 0.1) is 0 Å². The molecule has 0 aromatic heterocycles. The number of unbranched alkanes of at least 4 members (excludes halogenated alkanes) is 24. The Morgan fingerprint density at radius 1 is 0.478 bits per heavy atom. The van der Waals surface area contributed by atoms with Gasteiger partial charge in [-0.25, -0.2) is 0 Å². The first-order valence-electron chi connectivity index (χ1n) is 21.1. The Hall–Kier alpha value is -0.640. The van der Waals surface area contributed by atoms with E-state index in [1.54, 1.807) is 0 Å². The molecule has 1 heterocycles. The average Bonchev–Trinajstić information content (AvgIpc) is 3.60. The molecule has 1 aliphatic heterocycles. The van der Waals surface area contributed by atoms with Gasteiger partial charge in [0.25, 0.3) is 0 Å². The molecule has 1 saturated carbocycles. The molecule has 3 heteroatoms. The summed E-state index contributed by atoms with van der Waals surface area (Å²) in [7, 11) is 2.08. The van der Waals surface area contributed by atoms with Crippen LogP contribution in [0.1, 0.15) is 219 Å². The van der Waals surface area contributed by atoms with Crippen molar-refractivity contribution in [1.29, 1.82) is 0 Å². The minimum absolute atomic E-state index is 0.292. The van der Waals surface area contributed by atoms with E-state index in [0.29, 0.717) is 18.2 Å². The first-order valence-corrected chi connectivity index (χ1v) is 21.1. The molecule has 1 aliphatic carbocycles. The summed E-state index contributed by atoms with van der Waals surface area (Å²) < 4.78 is 13.6. The molecule has 270 valence electrons. The van der Waals surface area contributed by atoms with Crippen LogP contribution < -0.4 is 5.32 Å². The third-order valence-electron chi connectivity index (χ3n) is 10.8. The van der Waals surface area contributed by atoms with Crippen LogP contribution in [0.5, 0.6) is 0 Å². The van der Waals surface area contributed by atoms with E-state index in [1.807, 2.05) is 0 Å². The topological polar surface area (TPSA) is 30.5 Å². The molecule has 0 spiro atoms. The van der Waals surface area contributed by atoms with Gasteiger partial charge in [0.2, 0.25) is 0 Å². The van der Waals surface area contributed by atoms with Crippen LogP contribution in [0.3, 0.4) is 0 Å². The Kier molecular flexibility index (Phi) is 26.4. The first kappa shape index (κ1) is 41.5. The zero-order valence-electron chi connectivity index (χ0n) is 31.5. The van der Waals surface area contributed by atoms with Gasteiger partial charge >= 0.3 is 0 Å². The lowest BCUT2D eigenvalue weighted by molar-refractivity contribution is -0.191. The van der Waals surface area contributed by atoms with E-state index in [2.05, 4.69) is 50.5 Å². The summed E-state index contributed by atoms with van der Waals surface area (Å²) in [5.41, 5.74) is 0. The molecule has 4 atom stereocenters. The van der Waals surface area contributed by atoms with Crippen molar-refractivity contribution in [3.8, 4) is 0 Å². The van der Waals surface area contributed by atoms with Crippen LogP contribution in [0.15, 0.2) is 24.3 Å². The standard InChI is InChI=1S/C43H81NO2/c1-4-6-8-10-12-14-16-18-20-22-24-26-28-30-32-34-36-43(45-41-38-40(44-3)39-42(41)46-43)37-35-33-31-29-27-25-23-21-19-17-15-13-11-9-7-5-2/h12,14,18,20,40-42,44H,4-11,13,15-17,19,21-39H2,1-3H3/b14-12-,20-18-/t40-,41-,42+,43?. The highest BCUT2D eigenvalue weighted by Crippen LogP contribution is 2.43. The second-order valence-corrected chi connectivity index (χ2v) is 15.1. The molecule has 0 aromatic carbocycles. The maximum atomic E-state index is 6.78. The summed E-state index contributed by atoms with van der Waals surface area (Å²) in [4.78, 5) is 0. The van der Waals surface area contributed by atoms with E-state index in [-0.39, 0.29) is 5.79 Å². The lowest BCUT2D eigenvalue weighted by atomic mass is 9.98. The number of fused-ring (bicyclic) bond motifs is 1. The maximum absolute atomic E-state index is 6.78. The van der Waals surface area contributed by atoms with E-state index in [0.717, 1.165) is 32.1 Å². The van der Waals surface area contributed by atoms with Gasteiger partial charge in [0.05, 0.1) is 12.2 Å². The molecule has 0 bridgehead atoms. The number of hydrogen-bond donors (Lipinski definition) is 1. The summed E-state index contributed by atoms with van der Waals surface area (Å²) in [6.45, 7) is 4.58. The van der Waals surface area contributed by atoms with Crippen LogP contribution in [0.2, 0.25) is 0 Å². The summed E-state index contributed by atoms with van der Waals surface area (Å²) in [6, 6.07) is 0.561. The Bertz CT molecular complexity index is 704. The molecule has 0 aromatic rings. The molecule has 46 heavy (non-hydrogen) atoms. The third-order valence-corrected chi connectivity index (χ3v) is 10.8. The summed E-state index contributed by atoms with van der Waals surface area (Å²) in [5, 5.41) is 3.46. The Balaban J connectivity index is 1.49. The quantitative estimate of drug-likeness (QED) is 0.0570. The minimum Gasteiger partial charge on any atom is -0.344 e. The molecular formula is C43H81NO2. The third kappa shape index (κ3) is 20.7. The second kappa shape index (κ2) is 29.3. The highest BCUT2D eigenvalue weighted by atomic mass is 16.8. The summed E-state index contributed by atoms with van der Waals surface area (Å²) in [5.74, 6) is -0.292. The van der Waals surface area contributed by atoms with Crippen LogP contribution in [0.4, 0.5) is 0 Å². The van der Waals surface area contributed by atoms with E-state index in [4.69, 9.17) is 9.47 Å². The highest BCUT2D eigenvalue weighted by Gasteiger charge is 2.50. The largest absolute Gasteiger partial charge is 0.344 e. The number of rotatable bonds is 33. The van der Waals surface area contributed by atoms with E-state index in [9.17, 15) is 0 Å². The van der Waals surface area contributed by atoms with Gasteiger partial charge in [-0.05, 0) is 64.8 Å². The van der Waals surface area contributed by atoms with Crippen molar-refractivity contribution in [3.05, 3.63) is 24.3 Å². The molecule has 1 saturated heterocycles. The lowest BCUT2D eigenvalue weighted by Crippen LogP contribution is -2.34. The lowest BCUT2D eigenvalue weighted by Gasteiger charge is -2.30. The Labute approximate surface area is 288 Å². The second-order valence-electron chi connectivity index (χ2n) is 15.1. The first-order chi connectivity index (χ1) is 22.7. The van der Waals surface area contributed by atoms with Crippen molar-refractivity contribution < 1.29 is 9.47 Å². The van der Waals surface area contributed by atoms with E-state index >= 15 is 0 Å². The van der Waals surface area contributed by atoms with Crippen molar-refractivity contribution in [3.63, 3.8) is 0 Å². The van der Waals surface area contributed by atoms with Crippen molar-refractivity contribution in [1.82, 2.24) is 5.32 Å². The van der Waals surface area contributed by atoms with Gasteiger partial charge in [0.1, 0.15) is 0 Å². The Morgan fingerprint density at radius 2 is 0.826 bits per heavy atom. The van der Waals surface area contributed by atoms with Gasteiger partial charge in [-0.2, -0.15) is 0 Å². The summed E-state index contributed by atoms with van der Waals surface area (Å²) >= 11 is 0. The molecular weight excluding hydrogens is 562 g/mol. The van der Waals surface area contributed by atoms with Crippen molar-refractivity contribution >= 4 is 0 Å². The van der Waals surface area contributed by atoms with Gasteiger partial charge in [-0.3, -0.25) is 0 Å². The van der Waals surface area contributed by atoms with Gasteiger partial charge in [-0.15, -0.1) is 0 Å². The van der Waals surface area contributed by atoms with Gasteiger partial charge in [0.15, 0.2) is 5.79 Å². The molecule has 2 fully saturated rings. The molecule has 2 aliphatic rings. The fraction of sp³-hybridized carbons (Fsp3) is 0.907. The zero-order valence-corrected chi connectivity index (χ0v) is 31.5. The van der Waals surface area contributed by atoms with E-state index in [1.165, 1.54) is 173 Å². The maximum Gasteiger partial charge on any atom is 0.169 e. The molecule has 0 radical (unpaired) electrons. The fourth-order valence-electron chi connectivity index (χ4n) is 7.71. The number of ether oxygens (including phenoxy) is 2. The van der Waals surface area contributed by atoms with Crippen molar-refractivity contribution in [2.24, 2.45) is 0 Å². The van der Waals surface area contributed by atoms with Crippen LogP contribution in [-0.4, -0.2) is 31.1 Å². The number of allylic oxidation sites excluding steroid dienone is 4. The van der Waals surface area contributed by atoms with Crippen LogP contribution in [-0.2, 0) is 9.47 Å². The number of nitrogens with one attached hydrogen (secondary N) is 1. The molecule has 0 amide bonds. The predicted octanol–water partition coefficient (Wildman–Crippen LogP) is 13.7. The minimum atomic E-state index is -0.292. The Morgan fingerprint density at radius 3 is 1.24 bits per heavy atom. The molecule has 3 nitrogen and oxygen atoms in total. The van der Waals surface area contributed by atoms with Gasteiger partial charge in [0, 0.05) is 18.9 Å². The van der Waals surface area contributed by atoms with Crippen LogP contribution in [0.25, 0.3) is 0 Å². The predicted molar refractivity (Wildman–Crippen MR) is 203 cm³/mol. The van der Waals surface area contributed by atoms with Crippen molar-refractivity contribution in [2.75, 3.05) is 7.05 Å². The average molecular weight is 644 g/mol. The summed E-state index contributed by atoms with van der Waals surface area (Å²) in [6.07, 6.45) is 52.8. The molecule has 1 N–H and O–H groups in total. The smallest absolute Gasteiger partial charge is 0.169 e. The SMILES string of the molecule is CCCCC/C=C\C/C=C\CCCCCCCCC1(CCCCCCCCCCCCCCCCCC)O[C@H]2C[C@H](NC)C[C@H]2O1. The van der Waals surface area contributed by atoms with Crippen LogP contribution >= 0.6 is 0 Å². The fourth-order valence-corrected chi connectivity index (χ4v) is 7.71.